The van der Waals surface area contributed by atoms with E-state index in [-0.39, 0.29) is 41.7 Å². The maximum Gasteiger partial charge on any atom is 0.425 e. The van der Waals surface area contributed by atoms with Gasteiger partial charge in [-0.15, -0.1) is 0 Å². The van der Waals surface area contributed by atoms with Gasteiger partial charge >= 0.3 is 12.2 Å². The fraction of sp³-hybridized carbons (Fsp3) is 0.442. The molecule has 7 rings (SSSR count). The van der Waals surface area contributed by atoms with Crippen LogP contribution < -0.4 is 15.5 Å². The van der Waals surface area contributed by atoms with Crippen LogP contribution in [0.3, 0.4) is 0 Å². The van der Waals surface area contributed by atoms with E-state index in [1.807, 2.05) is 62.5 Å². The van der Waals surface area contributed by atoms with Crippen molar-refractivity contribution >= 4 is 24.0 Å². The average molecular weight is 793 g/mol. The minimum atomic E-state index is -0.900. The van der Waals surface area contributed by atoms with Crippen LogP contribution in [0.15, 0.2) is 67.0 Å². The van der Waals surface area contributed by atoms with Gasteiger partial charge in [-0.2, -0.15) is 0 Å². The van der Waals surface area contributed by atoms with E-state index in [1.54, 1.807) is 25.1 Å². The van der Waals surface area contributed by atoms with Crippen molar-refractivity contribution < 1.29 is 33.4 Å². The summed E-state index contributed by atoms with van der Waals surface area (Å²) >= 11 is 0. The Labute approximate surface area is 337 Å². The van der Waals surface area contributed by atoms with E-state index >= 15 is 0 Å². The molecule has 15 heteroatoms. The quantitative estimate of drug-likeness (QED) is 0.0943. The maximum atomic E-state index is 13.9. The number of hydrogen-bond donors (Lipinski definition) is 4. The number of carbonyl (C=O) groups excluding carboxylic acids is 4. The normalized spacial score (nSPS) is 21.4. The summed E-state index contributed by atoms with van der Waals surface area (Å²) in [5.74, 6) is 2.00. The smallest absolute Gasteiger partial charge is 0.425 e. The Kier molecular flexibility index (Phi) is 11.6. The Hall–Kier alpha value is -6.12. The molecule has 4 amide bonds. The first-order chi connectivity index (χ1) is 27.9. The number of aromatic amines is 2. The average Bonchev–Trinajstić information content (AvgIpc) is 4.09. The molecule has 0 spiro atoms. The number of nitrogens with one attached hydrogen (secondary N) is 4. The minimum Gasteiger partial charge on any atom is -0.496 e. The van der Waals surface area contributed by atoms with E-state index in [4.69, 9.17) is 19.2 Å². The van der Waals surface area contributed by atoms with Crippen LogP contribution in [0.5, 0.6) is 5.75 Å². The number of ether oxygens (including phenoxy) is 3. The van der Waals surface area contributed by atoms with Crippen molar-refractivity contribution in [3.8, 4) is 39.4 Å². The number of carbonyl (C=O) groups is 4. The molecule has 1 aliphatic heterocycles. The topological polar surface area (TPSA) is 184 Å². The van der Waals surface area contributed by atoms with E-state index in [2.05, 4.69) is 32.3 Å². The number of hydrazine groups is 1. The first-order valence-corrected chi connectivity index (χ1v) is 19.8. The summed E-state index contributed by atoms with van der Waals surface area (Å²) in [5.41, 5.74) is 8.49. The molecule has 0 radical (unpaired) electrons. The summed E-state index contributed by atoms with van der Waals surface area (Å²) in [5, 5.41) is 4.00. The van der Waals surface area contributed by atoms with Gasteiger partial charge in [0.05, 0.1) is 57.1 Å². The van der Waals surface area contributed by atoms with Gasteiger partial charge in [0.1, 0.15) is 23.4 Å². The first kappa shape index (κ1) is 40.1. The lowest BCUT2D eigenvalue weighted by molar-refractivity contribution is -0.143. The van der Waals surface area contributed by atoms with Gasteiger partial charge in [-0.3, -0.25) is 9.59 Å². The highest BCUT2D eigenvalue weighted by Crippen LogP contribution is 2.56. The van der Waals surface area contributed by atoms with Gasteiger partial charge in [0.15, 0.2) is 0 Å². The number of hydrogen-bond acceptors (Lipinski definition) is 9. The third-order valence-electron chi connectivity index (χ3n) is 11.9. The Morgan fingerprint density at radius 2 is 1.50 bits per heavy atom. The predicted molar refractivity (Wildman–Crippen MR) is 216 cm³/mol. The van der Waals surface area contributed by atoms with Crippen molar-refractivity contribution in [2.75, 3.05) is 27.9 Å². The molecular weight excluding hydrogens is 741 g/mol. The lowest BCUT2D eigenvalue weighted by Crippen LogP contribution is -2.53. The van der Waals surface area contributed by atoms with Gasteiger partial charge in [0, 0.05) is 29.6 Å². The zero-order valence-electron chi connectivity index (χ0n) is 33.8. The molecule has 2 saturated carbocycles. The van der Waals surface area contributed by atoms with Crippen LogP contribution in [0.25, 0.3) is 33.6 Å². The van der Waals surface area contributed by atoms with E-state index in [9.17, 15) is 19.2 Å². The van der Waals surface area contributed by atoms with Gasteiger partial charge in [-0.1, -0.05) is 36.9 Å². The number of rotatable bonds is 11. The number of aromatic nitrogens is 4. The molecule has 3 heterocycles. The molecule has 2 aliphatic carbocycles. The van der Waals surface area contributed by atoms with E-state index < -0.39 is 18.2 Å². The molecule has 1 saturated heterocycles. The molecule has 306 valence electrons. The van der Waals surface area contributed by atoms with E-state index in [1.165, 1.54) is 19.2 Å². The van der Waals surface area contributed by atoms with Crippen LogP contribution in [0.1, 0.15) is 76.5 Å². The van der Waals surface area contributed by atoms with Gasteiger partial charge in [-0.25, -0.2) is 30.0 Å². The predicted octanol–water partition coefficient (Wildman–Crippen LogP) is 6.74. The van der Waals surface area contributed by atoms with Crippen molar-refractivity contribution in [2.45, 2.75) is 76.9 Å². The number of amides is 4. The second-order valence-electron chi connectivity index (χ2n) is 15.8. The van der Waals surface area contributed by atoms with Gasteiger partial charge in [-0.05, 0) is 93.5 Å². The third-order valence-corrected chi connectivity index (χ3v) is 11.9. The van der Waals surface area contributed by atoms with Crippen LogP contribution in [-0.4, -0.2) is 93.8 Å². The molecule has 4 N–H and O–H groups in total. The number of H-pyrrole nitrogens is 2. The minimum absolute atomic E-state index is 0.0718. The monoisotopic (exact) mass is 792 g/mol. The molecule has 3 fully saturated rings. The molecule has 3 aliphatic rings. The molecule has 2 aromatic heterocycles. The number of nitrogens with zero attached hydrogens (tertiary/aromatic N) is 4. The van der Waals surface area contributed by atoms with Crippen molar-refractivity contribution in [1.82, 2.24) is 40.6 Å². The van der Waals surface area contributed by atoms with Crippen molar-refractivity contribution in [1.29, 1.82) is 0 Å². The largest absolute Gasteiger partial charge is 0.496 e. The molecule has 6 atom stereocenters. The zero-order valence-corrected chi connectivity index (χ0v) is 33.8. The molecule has 15 nitrogen and oxygen atoms in total. The first-order valence-electron chi connectivity index (χ1n) is 19.8. The second kappa shape index (κ2) is 16.8. The molecular formula is C43H52N8O7. The van der Waals surface area contributed by atoms with E-state index in [0.29, 0.717) is 29.6 Å². The summed E-state index contributed by atoms with van der Waals surface area (Å²) in [7, 11) is 4.18. The lowest BCUT2D eigenvalue weighted by Gasteiger charge is -2.35. The Morgan fingerprint density at radius 1 is 0.862 bits per heavy atom. The SMILES string of the molecule is C=C(C)[C@H](NC(=O)OC)C(=O)N1CCC[C@H]1c1ncc(-c2ccc(-c3ccc(-c4cnc([C@@H]5C6CCC(C6)C5C(=O)N(NC(=O)OC)C(C)C)[nH]4)cc3)c(OC)c2)[nH]1. The highest BCUT2D eigenvalue weighted by atomic mass is 16.5. The number of alkyl carbamates (subject to hydrolysis) is 1. The number of imidazole rings is 2. The van der Waals surface area contributed by atoms with Crippen LogP contribution in [0.4, 0.5) is 9.59 Å². The second-order valence-corrected chi connectivity index (χ2v) is 15.8. The van der Waals surface area contributed by atoms with Gasteiger partial charge < -0.3 is 34.4 Å². The Bertz CT molecular complexity index is 2180. The Morgan fingerprint density at radius 3 is 2.17 bits per heavy atom. The fourth-order valence-electron chi connectivity index (χ4n) is 9.07. The molecule has 2 aromatic carbocycles. The van der Waals surface area contributed by atoms with Crippen molar-refractivity contribution in [2.24, 2.45) is 17.8 Å². The molecule has 4 aromatic rings. The van der Waals surface area contributed by atoms with Crippen LogP contribution in [0.2, 0.25) is 0 Å². The number of likely N-dealkylation sites (tertiary alicyclic amines) is 1. The summed E-state index contributed by atoms with van der Waals surface area (Å²) in [4.78, 5) is 69.7. The molecule has 3 unspecified atom stereocenters. The number of methoxy groups -OCH3 is 3. The van der Waals surface area contributed by atoms with E-state index in [0.717, 1.165) is 71.6 Å². The summed E-state index contributed by atoms with van der Waals surface area (Å²) in [6.07, 6.45) is 6.76. The standard InChI is InChI=1S/C43H52N8O7/c1-23(2)37(48-42(54)57-6)41(53)50-18-8-9-33(50)38-44-22-32(46-38)27-16-17-30(34(20-27)56-5)25-10-12-26(13-11-25)31-21-45-39(47-31)35-28-14-15-29(19-28)36(35)40(52)51(24(3)4)49-43(55)58-7/h10-13,16-17,20-22,24,28-29,33,35-37H,1,8-9,14-15,18-19H2,2-7H3,(H,44,46)(H,45,47)(H,48,54)(H,49,55)/t28?,29?,33-,35+,36?,37-/m0/s1. The number of benzene rings is 2. The fourth-order valence-corrected chi connectivity index (χ4v) is 9.07. The van der Waals surface area contributed by atoms with Crippen LogP contribution in [-0.2, 0) is 19.1 Å². The summed E-state index contributed by atoms with van der Waals surface area (Å²) < 4.78 is 15.4. The molecule has 58 heavy (non-hydrogen) atoms. The molecule has 2 bridgehead atoms. The maximum absolute atomic E-state index is 13.9. The number of fused-ring (bicyclic) bond motifs is 2. The van der Waals surface area contributed by atoms with Crippen molar-refractivity contribution in [3.05, 3.63) is 78.7 Å². The summed E-state index contributed by atoms with van der Waals surface area (Å²) in [6.45, 7) is 9.88. The van der Waals surface area contributed by atoms with Crippen LogP contribution in [0, 0.1) is 17.8 Å². The van der Waals surface area contributed by atoms with Gasteiger partial charge in [0.2, 0.25) is 11.8 Å². The zero-order chi connectivity index (χ0) is 41.2. The third kappa shape index (κ3) is 7.77. The highest BCUT2D eigenvalue weighted by molar-refractivity contribution is 5.89. The summed E-state index contributed by atoms with van der Waals surface area (Å²) in [6, 6.07) is 12.7. The Balaban J connectivity index is 1.06. The lowest BCUT2D eigenvalue weighted by atomic mass is 9.78. The van der Waals surface area contributed by atoms with Gasteiger partial charge in [0.25, 0.3) is 0 Å². The van der Waals surface area contributed by atoms with Crippen molar-refractivity contribution in [3.63, 3.8) is 0 Å². The van der Waals surface area contributed by atoms with Crippen LogP contribution >= 0.6 is 0 Å². The highest BCUT2D eigenvalue weighted by Gasteiger charge is 2.54.